The lowest BCUT2D eigenvalue weighted by atomic mass is 9.85. The van der Waals surface area contributed by atoms with E-state index in [0.29, 0.717) is 0 Å². The van der Waals surface area contributed by atoms with Gasteiger partial charge in [0, 0.05) is 0 Å². The third-order valence-electron chi connectivity index (χ3n) is 3.02. The summed E-state index contributed by atoms with van der Waals surface area (Å²) in [6.07, 6.45) is 13.4. The summed E-state index contributed by atoms with van der Waals surface area (Å²) in [5.41, 5.74) is 2.61. The Morgan fingerprint density at radius 1 is 1.29 bits per heavy atom. The summed E-state index contributed by atoms with van der Waals surface area (Å²) in [6.45, 7) is 0. The molecule has 2 heteroatoms. The van der Waals surface area contributed by atoms with E-state index in [1.807, 2.05) is 18.2 Å². The van der Waals surface area contributed by atoms with Gasteiger partial charge in [-0.15, -0.1) is 0 Å². The zero-order valence-electron chi connectivity index (χ0n) is 7.73. The fraction of sp³-hybridized carbons (Fsp3) is 0.250. The number of nitrogens with one attached hydrogen (secondary N) is 1. The Hall–Kier alpha value is -1.57. The van der Waals surface area contributed by atoms with Gasteiger partial charge in [0.15, 0.2) is 0 Å². The van der Waals surface area contributed by atoms with Crippen molar-refractivity contribution < 1.29 is 4.79 Å². The minimum absolute atomic E-state index is 0.0682. The van der Waals surface area contributed by atoms with Crippen molar-refractivity contribution in [2.45, 2.75) is 12.5 Å². The molecule has 0 aromatic rings. The van der Waals surface area contributed by atoms with Crippen LogP contribution < -0.4 is 5.32 Å². The monoisotopic (exact) mass is 185 g/mol. The second-order valence-corrected chi connectivity index (χ2v) is 3.92. The first kappa shape index (κ1) is 7.80. The second kappa shape index (κ2) is 2.71. The SMILES string of the molecule is O=C1NC2C3=CC=CC=C(C=CC12)C3. The van der Waals surface area contributed by atoms with Crippen LogP contribution in [0.2, 0.25) is 0 Å². The minimum Gasteiger partial charge on any atom is -0.348 e. The number of hydrogen-bond acceptors (Lipinski definition) is 1. The first-order valence-corrected chi connectivity index (χ1v) is 4.89. The van der Waals surface area contributed by atoms with Crippen LogP contribution in [-0.2, 0) is 4.79 Å². The molecule has 2 bridgehead atoms. The lowest BCUT2D eigenvalue weighted by Crippen LogP contribution is -2.57. The van der Waals surface area contributed by atoms with Gasteiger partial charge in [0.2, 0.25) is 5.91 Å². The molecule has 2 unspecified atom stereocenters. The standard InChI is InChI=1S/C12H11NO/c14-12-10-6-5-8-3-1-2-4-9(7-8)11(10)13-12/h1-6,10-11H,7H2,(H,13,14). The fourth-order valence-corrected chi connectivity index (χ4v) is 2.18. The maximum absolute atomic E-state index is 11.3. The van der Waals surface area contributed by atoms with Gasteiger partial charge in [-0.3, -0.25) is 4.79 Å². The van der Waals surface area contributed by atoms with E-state index < -0.39 is 0 Å². The highest BCUT2D eigenvalue weighted by molar-refractivity contribution is 5.89. The molecule has 1 N–H and O–H groups in total. The van der Waals surface area contributed by atoms with Crippen LogP contribution in [0.25, 0.3) is 0 Å². The first-order valence-electron chi connectivity index (χ1n) is 4.89. The van der Waals surface area contributed by atoms with Gasteiger partial charge in [-0.1, -0.05) is 36.5 Å². The van der Waals surface area contributed by atoms with E-state index in [9.17, 15) is 4.79 Å². The number of carbonyl (C=O) groups is 1. The van der Waals surface area contributed by atoms with Crippen LogP contribution >= 0.6 is 0 Å². The van der Waals surface area contributed by atoms with Gasteiger partial charge in [0.05, 0.1) is 12.0 Å². The van der Waals surface area contributed by atoms with Gasteiger partial charge >= 0.3 is 0 Å². The van der Waals surface area contributed by atoms with Crippen LogP contribution in [0.5, 0.6) is 0 Å². The van der Waals surface area contributed by atoms with Gasteiger partial charge < -0.3 is 5.32 Å². The van der Waals surface area contributed by atoms with Crippen molar-refractivity contribution in [2.24, 2.45) is 5.92 Å². The summed E-state index contributed by atoms with van der Waals surface area (Å²) >= 11 is 0. The largest absolute Gasteiger partial charge is 0.348 e. The lowest BCUT2D eigenvalue weighted by Gasteiger charge is -2.35. The van der Waals surface area contributed by atoms with Crippen molar-refractivity contribution in [3.8, 4) is 0 Å². The summed E-state index contributed by atoms with van der Waals surface area (Å²) in [4.78, 5) is 11.3. The highest BCUT2D eigenvalue weighted by atomic mass is 16.2. The number of fused-ring (bicyclic) bond motifs is 4. The molecule has 0 saturated carbocycles. The highest BCUT2D eigenvalue weighted by Crippen LogP contribution is 2.32. The van der Waals surface area contributed by atoms with E-state index in [1.165, 1.54) is 11.1 Å². The molecule has 2 atom stereocenters. The highest BCUT2D eigenvalue weighted by Gasteiger charge is 2.40. The molecule has 14 heavy (non-hydrogen) atoms. The Kier molecular flexibility index (Phi) is 1.51. The summed E-state index contributed by atoms with van der Waals surface area (Å²) < 4.78 is 0. The van der Waals surface area contributed by atoms with Crippen molar-refractivity contribution in [1.29, 1.82) is 0 Å². The van der Waals surface area contributed by atoms with Gasteiger partial charge in [-0.25, -0.2) is 0 Å². The van der Waals surface area contributed by atoms with Crippen molar-refractivity contribution in [1.82, 2.24) is 5.32 Å². The smallest absolute Gasteiger partial charge is 0.229 e. The Bertz CT molecular complexity index is 412. The topological polar surface area (TPSA) is 29.1 Å². The third kappa shape index (κ3) is 1.00. The van der Waals surface area contributed by atoms with Crippen molar-refractivity contribution in [3.05, 3.63) is 47.6 Å². The molecule has 1 aliphatic heterocycles. The maximum atomic E-state index is 11.3. The first-order chi connectivity index (χ1) is 6.84. The Labute approximate surface area is 82.7 Å². The molecule has 0 aromatic heterocycles. The summed E-state index contributed by atoms with van der Waals surface area (Å²) in [7, 11) is 0. The van der Waals surface area contributed by atoms with E-state index in [-0.39, 0.29) is 17.9 Å². The zero-order valence-corrected chi connectivity index (χ0v) is 7.73. The molecule has 0 radical (unpaired) electrons. The molecule has 0 aromatic carbocycles. The molecule has 2 nitrogen and oxygen atoms in total. The van der Waals surface area contributed by atoms with Gasteiger partial charge in [0.1, 0.15) is 0 Å². The van der Waals surface area contributed by atoms with Crippen LogP contribution in [0.15, 0.2) is 47.6 Å². The second-order valence-electron chi connectivity index (χ2n) is 3.92. The third-order valence-corrected chi connectivity index (χ3v) is 3.02. The summed E-state index contributed by atoms with van der Waals surface area (Å²) in [5.74, 6) is 0.224. The van der Waals surface area contributed by atoms with E-state index in [1.54, 1.807) is 0 Å². The number of β-lactam (4-membered cyclic amide) rings is 1. The molecule has 1 fully saturated rings. The van der Waals surface area contributed by atoms with Gasteiger partial charge in [-0.2, -0.15) is 0 Å². The van der Waals surface area contributed by atoms with Gasteiger partial charge in [0.25, 0.3) is 0 Å². The molecule has 1 amide bonds. The molecule has 2 aliphatic carbocycles. The quantitative estimate of drug-likeness (QED) is 0.569. The predicted octanol–water partition coefficient (Wildman–Crippen LogP) is 1.48. The molecule has 1 heterocycles. The molecule has 3 rings (SSSR count). The summed E-state index contributed by atoms with van der Waals surface area (Å²) in [5, 5.41) is 2.95. The van der Waals surface area contributed by atoms with Crippen LogP contribution in [-0.4, -0.2) is 11.9 Å². The van der Waals surface area contributed by atoms with E-state index in [0.717, 1.165) is 6.42 Å². The van der Waals surface area contributed by atoms with Crippen molar-refractivity contribution >= 4 is 5.91 Å². The number of rotatable bonds is 0. The number of amides is 1. The maximum Gasteiger partial charge on any atom is 0.229 e. The Balaban J connectivity index is 2.06. The molecule has 70 valence electrons. The number of allylic oxidation sites excluding steroid dienone is 6. The predicted molar refractivity (Wildman–Crippen MR) is 54.5 cm³/mol. The van der Waals surface area contributed by atoms with Crippen LogP contribution in [0.4, 0.5) is 0 Å². The number of carbonyl (C=O) groups excluding carboxylic acids is 1. The molecule has 0 spiro atoms. The number of hydrogen-bond donors (Lipinski definition) is 1. The average molecular weight is 185 g/mol. The van der Waals surface area contributed by atoms with Crippen LogP contribution in [0, 0.1) is 5.92 Å². The summed E-state index contributed by atoms with van der Waals surface area (Å²) in [6, 6.07) is 0.243. The minimum atomic E-state index is 0.0682. The zero-order chi connectivity index (χ0) is 9.54. The normalized spacial score (nSPS) is 33.0. The van der Waals surface area contributed by atoms with Crippen molar-refractivity contribution in [2.75, 3.05) is 0 Å². The van der Waals surface area contributed by atoms with Crippen LogP contribution in [0.1, 0.15) is 6.42 Å². The van der Waals surface area contributed by atoms with Crippen molar-refractivity contribution in [3.63, 3.8) is 0 Å². The lowest BCUT2D eigenvalue weighted by molar-refractivity contribution is -0.131. The van der Waals surface area contributed by atoms with E-state index in [2.05, 4.69) is 23.5 Å². The molecular weight excluding hydrogens is 174 g/mol. The fourth-order valence-electron chi connectivity index (χ4n) is 2.18. The molecule has 3 aliphatic rings. The van der Waals surface area contributed by atoms with Gasteiger partial charge in [-0.05, 0) is 17.6 Å². The van der Waals surface area contributed by atoms with Crippen LogP contribution in [0.3, 0.4) is 0 Å². The van der Waals surface area contributed by atoms with E-state index in [4.69, 9.17) is 0 Å². The Morgan fingerprint density at radius 2 is 2.14 bits per heavy atom. The molecule has 1 saturated heterocycles. The Morgan fingerprint density at radius 3 is 3.00 bits per heavy atom. The van der Waals surface area contributed by atoms with E-state index >= 15 is 0 Å². The molecular formula is C12H11NO. The average Bonchev–Trinajstić information content (AvgIpc) is 2.46.